The Balaban J connectivity index is 1.66. The zero-order valence-electron chi connectivity index (χ0n) is 13.8. The molecule has 1 fully saturated rings. The van der Waals surface area contributed by atoms with Crippen LogP contribution in [0, 0.1) is 5.82 Å². The molecule has 0 spiro atoms. The first-order chi connectivity index (χ1) is 12.0. The van der Waals surface area contributed by atoms with Crippen LogP contribution in [0.2, 0.25) is 0 Å². The van der Waals surface area contributed by atoms with Crippen molar-refractivity contribution in [1.29, 1.82) is 0 Å². The maximum Gasteiger partial charge on any atom is 0.238 e. The molecule has 1 aliphatic heterocycles. The maximum absolute atomic E-state index is 13.0. The van der Waals surface area contributed by atoms with Gasteiger partial charge in [-0.1, -0.05) is 42.5 Å². The Labute approximate surface area is 145 Å². The van der Waals surface area contributed by atoms with Crippen LogP contribution in [0.15, 0.2) is 54.6 Å². The lowest BCUT2D eigenvalue weighted by atomic mass is 10.0. The van der Waals surface area contributed by atoms with E-state index >= 15 is 0 Å². The largest absolute Gasteiger partial charge is 0.348 e. The monoisotopic (exact) mass is 341 g/mol. The summed E-state index contributed by atoms with van der Waals surface area (Å²) in [5.41, 5.74) is 1.69. The molecule has 5 nitrogen and oxygen atoms in total. The van der Waals surface area contributed by atoms with E-state index in [2.05, 4.69) is 16.0 Å². The van der Waals surface area contributed by atoms with Gasteiger partial charge >= 0.3 is 0 Å². The van der Waals surface area contributed by atoms with Crippen molar-refractivity contribution in [2.45, 2.75) is 31.6 Å². The van der Waals surface area contributed by atoms with E-state index < -0.39 is 12.2 Å². The van der Waals surface area contributed by atoms with Crippen LogP contribution in [0.5, 0.6) is 0 Å². The average Bonchev–Trinajstić information content (AvgIpc) is 2.62. The predicted molar refractivity (Wildman–Crippen MR) is 91.8 cm³/mol. The lowest BCUT2D eigenvalue weighted by Crippen LogP contribution is -2.56. The molecule has 25 heavy (non-hydrogen) atoms. The highest BCUT2D eigenvalue weighted by molar-refractivity contribution is 5.89. The molecule has 0 radical (unpaired) electrons. The highest BCUT2D eigenvalue weighted by atomic mass is 19.1. The van der Waals surface area contributed by atoms with Gasteiger partial charge < -0.3 is 10.6 Å². The molecule has 1 heterocycles. The average molecular weight is 341 g/mol. The van der Waals surface area contributed by atoms with Crippen molar-refractivity contribution in [2.24, 2.45) is 0 Å². The number of carbonyl (C=O) groups excluding carboxylic acids is 2. The highest BCUT2D eigenvalue weighted by Crippen LogP contribution is 2.17. The summed E-state index contributed by atoms with van der Waals surface area (Å²) in [6, 6.07) is 14.5. The van der Waals surface area contributed by atoms with E-state index in [9.17, 15) is 14.0 Å². The van der Waals surface area contributed by atoms with Gasteiger partial charge in [0, 0.05) is 0 Å². The lowest BCUT2D eigenvalue weighted by Gasteiger charge is -2.31. The van der Waals surface area contributed by atoms with Gasteiger partial charge in [0.15, 0.2) is 0 Å². The van der Waals surface area contributed by atoms with Crippen LogP contribution in [0.3, 0.4) is 0 Å². The Bertz CT molecular complexity index is 749. The molecular formula is C19H20FN3O2. The van der Waals surface area contributed by atoms with E-state index in [0.29, 0.717) is 0 Å². The first-order valence-corrected chi connectivity index (χ1v) is 8.19. The van der Waals surface area contributed by atoms with Gasteiger partial charge in [-0.3, -0.25) is 14.9 Å². The molecule has 3 N–H and O–H groups in total. The van der Waals surface area contributed by atoms with E-state index in [1.54, 1.807) is 12.1 Å². The second kappa shape index (κ2) is 7.44. The second-order valence-corrected chi connectivity index (χ2v) is 6.12. The van der Waals surface area contributed by atoms with Gasteiger partial charge in [0.2, 0.25) is 11.8 Å². The molecule has 2 aromatic carbocycles. The molecule has 0 saturated carbocycles. The molecule has 1 saturated heterocycles. The summed E-state index contributed by atoms with van der Waals surface area (Å²) in [4.78, 5) is 24.5. The van der Waals surface area contributed by atoms with Crippen molar-refractivity contribution in [3.8, 4) is 0 Å². The fourth-order valence-electron chi connectivity index (χ4n) is 2.85. The third kappa shape index (κ3) is 4.22. The zero-order valence-corrected chi connectivity index (χ0v) is 13.8. The number of nitrogens with one attached hydrogen (secondary N) is 3. The molecule has 3 atom stereocenters. The normalized spacial score (nSPS) is 21.3. The SMILES string of the molecule is CC(NC(=O)C1CC(=O)NC(c2ccccc2)N1)c1ccc(F)cc1. The van der Waals surface area contributed by atoms with Crippen LogP contribution in [-0.4, -0.2) is 17.9 Å². The molecule has 0 aliphatic carbocycles. The molecule has 2 amide bonds. The van der Waals surface area contributed by atoms with Gasteiger partial charge in [-0.2, -0.15) is 0 Å². The van der Waals surface area contributed by atoms with E-state index in [4.69, 9.17) is 0 Å². The number of hydrogen-bond donors (Lipinski definition) is 3. The maximum atomic E-state index is 13.0. The Morgan fingerprint density at radius 1 is 1.16 bits per heavy atom. The summed E-state index contributed by atoms with van der Waals surface area (Å²) in [7, 11) is 0. The molecule has 130 valence electrons. The van der Waals surface area contributed by atoms with Crippen LogP contribution in [0.25, 0.3) is 0 Å². The van der Waals surface area contributed by atoms with Gasteiger partial charge in [0.1, 0.15) is 12.0 Å². The minimum atomic E-state index is -0.623. The Hall–Kier alpha value is -2.73. The standard InChI is InChI=1S/C19H20FN3O2/c1-12(13-7-9-15(20)10-8-13)21-19(25)16-11-17(24)23-18(22-16)14-5-3-2-4-6-14/h2-10,12,16,18,22H,11H2,1H3,(H,21,25)(H,23,24). The summed E-state index contributed by atoms with van der Waals surface area (Å²) < 4.78 is 13.0. The highest BCUT2D eigenvalue weighted by Gasteiger charge is 2.31. The fourth-order valence-corrected chi connectivity index (χ4v) is 2.85. The predicted octanol–water partition coefficient (Wildman–Crippen LogP) is 2.18. The first kappa shape index (κ1) is 17.1. The first-order valence-electron chi connectivity index (χ1n) is 8.19. The molecule has 3 unspecified atom stereocenters. The summed E-state index contributed by atoms with van der Waals surface area (Å²) in [6.07, 6.45) is -0.329. The Kier molecular flexibility index (Phi) is 5.09. The molecule has 0 aromatic heterocycles. The van der Waals surface area contributed by atoms with Gasteiger partial charge in [-0.25, -0.2) is 4.39 Å². The number of benzene rings is 2. The van der Waals surface area contributed by atoms with Gasteiger partial charge in [0.05, 0.1) is 18.5 Å². The minimum Gasteiger partial charge on any atom is -0.348 e. The summed E-state index contributed by atoms with van der Waals surface area (Å²) >= 11 is 0. The van der Waals surface area contributed by atoms with E-state index in [1.807, 2.05) is 37.3 Å². The number of carbonyl (C=O) groups is 2. The molecule has 0 bridgehead atoms. The molecule has 3 rings (SSSR count). The van der Waals surface area contributed by atoms with E-state index in [-0.39, 0.29) is 30.1 Å². The van der Waals surface area contributed by atoms with Crippen LogP contribution in [0.4, 0.5) is 4.39 Å². The molecule has 1 aliphatic rings. The molecule has 2 aromatic rings. The number of hydrogen-bond acceptors (Lipinski definition) is 3. The van der Waals surface area contributed by atoms with Crippen LogP contribution < -0.4 is 16.0 Å². The van der Waals surface area contributed by atoms with Gasteiger partial charge in [-0.15, -0.1) is 0 Å². The van der Waals surface area contributed by atoms with Crippen molar-refractivity contribution in [3.05, 3.63) is 71.5 Å². The van der Waals surface area contributed by atoms with Crippen molar-refractivity contribution in [3.63, 3.8) is 0 Å². The van der Waals surface area contributed by atoms with E-state index in [1.165, 1.54) is 12.1 Å². The van der Waals surface area contributed by atoms with Crippen molar-refractivity contribution < 1.29 is 14.0 Å². The van der Waals surface area contributed by atoms with Crippen molar-refractivity contribution in [2.75, 3.05) is 0 Å². The fraction of sp³-hybridized carbons (Fsp3) is 0.263. The topological polar surface area (TPSA) is 70.2 Å². The number of amides is 2. The lowest BCUT2D eigenvalue weighted by molar-refractivity contribution is -0.132. The van der Waals surface area contributed by atoms with Crippen LogP contribution in [-0.2, 0) is 9.59 Å². The number of rotatable bonds is 4. The van der Waals surface area contributed by atoms with Gasteiger partial charge in [-0.05, 0) is 30.2 Å². The third-order valence-corrected chi connectivity index (χ3v) is 4.24. The smallest absolute Gasteiger partial charge is 0.238 e. The number of halogens is 1. The zero-order chi connectivity index (χ0) is 17.8. The van der Waals surface area contributed by atoms with Crippen molar-refractivity contribution in [1.82, 2.24) is 16.0 Å². The van der Waals surface area contributed by atoms with E-state index in [0.717, 1.165) is 11.1 Å². The van der Waals surface area contributed by atoms with Crippen molar-refractivity contribution >= 4 is 11.8 Å². The Morgan fingerprint density at radius 2 is 1.84 bits per heavy atom. The Morgan fingerprint density at radius 3 is 2.52 bits per heavy atom. The molecule has 6 heteroatoms. The summed E-state index contributed by atoms with van der Waals surface area (Å²) in [5.74, 6) is -0.756. The second-order valence-electron chi connectivity index (χ2n) is 6.12. The quantitative estimate of drug-likeness (QED) is 0.798. The summed E-state index contributed by atoms with van der Waals surface area (Å²) in [5, 5.41) is 8.87. The molecular weight excluding hydrogens is 321 g/mol. The third-order valence-electron chi connectivity index (χ3n) is 4.24. The van der Waals surface area contributed by atoms with Gasteiger partial charge in [0.25, 0.3) is 0 Å². The minimum absolute atomic E-state index is 0.0747. The summed E-state index contributed by atoms with van der Waals surface area (Å²) in [6.45, 7) is 1.82. The van der Waals surface area contributed by atoms with Crippen LogP contribution >= 0.6 is 0 Å². The van der Waals surface area contributed by atoms with Crippen LogP contribution in [0.1, 0.15) is 36.7 Å².